The molecule has 0 radical (unpaired) electrons. The zero-order valence-electron chi connectivity index (χ0n) is 11.0. The first kappa shape index (κ1) is 15.6. The second kappa shape index (κ2) is 6.79. The van der Waals surface area contributed by atoms with Gasteiger partial charge in [0.25, 0.3) is 0 Å². The van der Waals surface area contributed by atoms with Crippen molar-refractivity contribution in [1.29, 1.82) is 0 Å². The van der Waals surface area contributed by atoms with Gasteiger partial charge in [-0.3, -0.25) is 0 Å². The number of hydrogen-bond donors (Lipinski definition) is 2. The van der Waals surface area contributed by atoms with E-state index in [1.165, 1.54) is 29.5 Å². The molecule has 2 aromatic rings. The van der Waals surface area contributed by atoms with Crippen LogP contribution < -0.4 is 4.72 Å². The molecule has 0 aliphatic heterocycles. The van der Waals surface area contributed by atoms with Crippen molar-refractivity contribution in [2.45, 2.75) is 12.2 Å². The summed E-state index contributed by atoms with van der Waals surface area (Å²) in [7, 11) is -3.50. The Morgan fingerprint density at radius 1 is 1.38 bits per heavy atom. The number of aromatic carboxylic acids is 1. The number of rotatable bonds is 7. The van der Waals surface area contributed by atoms with E-state index in [1.807, 2.05) is 5.38 Å². The third-order valence-electron chi connectivity index (χ3n) is 2.72. The monoisotopic (exact) mass is 326 g/mol. The number of nitrogens with zero attached hydrogens (tertiary/aromatic N) is 1. The normalized spacial score (nSPS) is 11.4. The van der Waals surface area contributed by atoms with Crippen LogP contribution in [0, 0.1) is 0 Å². The molecule has 1 heterocycles. The molecular formula is C13H14N2O4S2. The third-order valence-corrected chi connectivity index (χ3v) is 4.71. The SMILES string of the molecule is O=C(O)c1cccc(CS(=O)(=O)NCCc2cscn2)c1. The molecule has 0 aliphatic carbocycles. The fraction of sp³-hybridized carbons (Fsp3) is 0.231. The zero-order chi connectivity index (χ0) is 15.3. The fourth-order valence-electron chi connectivity index (χ4n) is 1.76. The number of benzene rings is 1. The van der Waals surface area contributed by atoms with Gasteiger partial charge in [0.2, 0.25) is 10.0 Å². The molecule has 0 atom stereocenters. The van der Waals surface area contributed by atoms with Crippen LogP contribution in [0.2, 0.25) is 0 Å². The summed E-state index contributed by atoms with van der Waals surface area (Å²) in [6, 6.07) is 5.91. The lowest BCUT2D eigenvalue weighted by Gasteiger charge is -2.06. The predicted octanol–water partition coefficient (Wildman–Crippen LogP) is 1.50. The molecule has 0 saturated heterocycles. The lowest BCUT2D eigenvalue weighted by molar-refractivity contribution is 0.0696. The van der Waals surface area contributed by atoms with Crippen molar-refractivity contribution in [2.75, 3.05) is 6.54 Å². The van der Waals surface area contributed by atoms with Gasteiger partial charge in [0.15, 0.2) is 0 Å². The standard InChI is InChI=1S/C13H14N2O4S2/c16-13(17)11-3-1-2-10(6-11)8-21(18,19)15-5-4-12-7-20-9-14-12/h1-3,6-7,9,15H,4-5,8H2,(H,16,17). The Kier molecular flexibility index (Phi) is 5.05. The molecule has 6 nitrogen and oxygen atoms in total. The fourth-order valence-corrected chi connectivity index (χ4v) is 3.49. The molecule has 0 saturated carbocycles. The van der Waals surface area contributed by atoms with Crippen LogP contribution in [0.15, 0.2) is 35.2 Å². The predicted molar refractivity (Wildman–Crippen MR) is 79.8 cm³/mol. The molecule has 1 aromatic carbocycles. The van der Waals surface area contributed by atoms with Gasteiger partial charge in [-0.05, 0) is 17.7 Å². The number of nitrogens with one attached hydrogen (secondary N) is 1. The number of thiazole rings is 1. The number of carboxylic acid groups (broad SMARTS) is 1. The van der Waals surface area contributed by atoms with Crippen LogP contribution in [-0.4, -0.2) is 31.0 Å². The topological polar surface area (TPSA) is 96.4 Å². The van der Waals surface area contributed by atoms with Crippen LogP contribution in [0.3, 0.4) is 0 Å². The number of carbonyl (C=O) groups is 1. The van der Waals surface area contributed by atoms with Gasteiger partial charge in [-0.2, -0.15) is 0 Å². The maximum atomic E-state index is 11.9. The Balaban J connectivity index is 1.94. The van der Waals surface area contributed by atoms with Crippen LogP contribution in [0.25, 0.3) is 0 Å². The molecule has 0 spiro atoms. The van der Waals surface area contributed by atoms with Crippen LogP contribution in [-0.2, 0) is 22.2 Å². The first-order chi connectivity index (χ1) is 9.96. The maximum absolute atomic E-state index is 11.9. The summed E-state index contributed by atoms with van der Waals surface area (Å²) in [4.78, 5) is 14.9. The molecule has 0 unspecified atom stereocenters. The molecule has 8 heteroatoms. The first-order valence-corrected chi connectivity index (χ1v) is 8.72. The Bertz CT molecular complexity index is 712. The quantitative estimate of drug-likeness (QED) is 0.804. The lowest BCUT2D eigenvalue weighted by Crippen LogP contribution is -2.27. The van der Waals surface area contributed by atoms with E-state index >= 15 is 0 Å². The second-order valence-electron chi connectivity index (χ2n) is 4.39. The van der Waals surface area contributed by atoms with Crippen LogP contribution in [0.4, 0.5) is 0 Å². The highest BCUT2D eigenvalue weighted by Crippen LogP contribution is 2.09. The van der Waals surface area contributed by atoms with Gasteiger partial charge >= 0.3 is 5.97 Å². The van der Waals surface area contributed by atoms with Crippen molar-refractivity contribution in [3.8, 4) is 0 Å². The molecular weight excluding hydrogens is 312 g/mol. The molecule has 0 amide bonds. The number of sulfonamides is 1. The minimum atomic E-state index is -3.50. The molecule has 0 bridgehead atoms. The molecule has 0 aliphatic rings. The molecule has 0 fully saturated rings. The largest absolute Gasteiger partial charge is 0.478 e. The molecule has 1 aromatic heterocycles. The number of aromatic nitrogens is 1. The third kappa shape index (κ3) is 4.92. The first-order valence-electron chi connectivity index (χ1n) is 6.13. The average molecular weight is 326 g/mol. The van der Waals surface area contributed by atoms with Gasteiger partial charge in [-0.1, -0.05) is 12.1 Å². The van der Waals surface area contributed by atoms with Crippen LogP contribution >= 0.6 is 11.3 Å². The van der Waals surface area contributed by atoms with E-state index in [2.05, 4.69) is 9.71 Å². The van der Waals surface area contributed by atoms with Crippen molar-refractivity contribution < 1.29 is 18.3 Å². The summed E-state index contributed by atoms with van der Waals surface area (Å²) in [6.45, 7) is 0.269. The van der Waals surface area contributed by atoms with Gasteiger partial charge in [0, 0.05) is 18.3 Å². The number of carboxylic acids is 1. The Labute approximate surface area is 126 Å². The van der Waals surface area contributed by atoms with Crippen molar-refractivity contribution in [1.82, 2.24) is 9.71 Å². The highest BCUT2D eigenvalue weighted by Gasteiger charge is 2.12. The van der Waals surface area contributed by atoms with Gasteiger partial charge in [0.1, 0.15) is 0 Å². The summed E-state index contributed by atoms with van der Waals surface area (Å²) >= 11 is 1.46. The smallest absolute Gasteiger partial charge is 0.335 e. The van der Waals surface area contributed by atoms with Gasteiger partial charge < -0.3 is 5.11 Å². The zero-order valence-corrected chi connectivity index (χ0v) is 12.7. The van der Waals surface area contributed by atoms with Crippen molar-refractivity contribution in [2.24, 2.45) is 0 Å². The van der Waals surface area contributed by atoms with Crippen LogP contribution in [0.5, 0.6) is 0 Å². The van der Waals surface area contributed by atoms with E-state index in [-0.39, 0.29) is 17.9 Å². The highest BCUT2D eigenvalue weighted by molar-refractivity contribution is 7.88. The lowest BCUT2D eigenvalue weighted by atomic mass is 10.1. The van der Waals surface area contributed by atoms with E-state index in [0.717, 1.165) is 5.69 Å². The van der Waals surface area contributed by atoms with Crippen molar-refractivity contribution in [3.63, 3.8) is 0 Å². The minimum absolute atomic E-state index is 0.0742. The van der Waals surface area contributed by atoms with Gasteiger partial charge in [-0.25, -0.2) is 22.9 Å². The Morgan fingerprint density at radius 2 is 2.19 bits per heavy atom. The Hall–Kier alpha value is -1.77. The average Bonchev–Trinajstić information content (AvgIpc) is 2.91. The number of hydrogen-bond acceptors (Lipinski definition) is 5. The Morgan fingerprint density at radius 3 is 2.86 bits per heavy atom. The molecule has 112 valence electrons. The van der Waals surface area contributed by atoms with E-state index < -0.39 is 16.0 Å². The minimum Gasteiger partial charge on any atom is -0.478 e. The van der Waals surface area contributed by atoms with Crippen LogP contribution in [0.1, 0.15) is 21.6 Å². The van der Waals surface area contributed by atoms with Crippen molar-refractivity contribution >= 4 is 27.3 Å². The van der Waals surface area contributed by atoms with E-state index in [9.17, 15) is 13.2 Å². The van der Waals surface area contributed by atoms with Crippen molar-refractivity contribution in [3.05, 3.63) is 52.0 Å². The summed E-state index contributed by atoms with van der Waals surface area (Å²) in [5.41, 5.74) is 3.05. The van der Waals surface area contributed by atoms with Gasteiger partial charge in [-0.15, -0.1) is 11.3 Å². The van der Waals surface area contributed by atoms with E-state index in [4.69, 9.17) is 5.11 Å². The second-order valence-corrected chi connectivity index (χ2v) is 6.91. The maximum Gasteiger partial charge on any atom is 0.335 e. The summed E-state index contributed by atoms with van der Waals surface area (Å²) in [5, 5.41) is 10.7. The van der Waals surface area contributed by atoms with E-state index in [0.29, 0.717) is 12.0 Å². The molecule has 21 heavy (non-hydrogen) atoms. The summed E-state index contributed by atoms with van der Waals surface area (Å²) in [5.74, 6) is -1.32. The summed E-state index contributed by atoms with van der Waals surface area (Å²) in [6.07, 6.45) is 0.526. The van der Waals surface area contributed by atoms with E-state index in [1.54, 1.807) is 11.6 Å². The summed E-state index contributed by atoms with van der Waals surface area (Å²) < 4.78 is 26.4. The van der Waals surface area contributed by atoms with Gasteiger partial charge in [0.05, 0.1) is 22.5 Å². The molecule has 2 rings (SSSR count). The molecule has 2 N–H and O–H groups in total. The highest BCUT2D eigenvalue weighted by atomic mass is 32.2.